The number of halogens is 4. The smallest absolute Gasteiger partial charge is 0.264 e. The van der Waals surface area contributed by atoms with Gasteiger partial charge < -0.3 is 0 Å². The Morgan fingerprint density at radius 1 is 0.444 bits per heavy atom. The highest BCUT2D eigenvalue weighted by molar-refractivity contribution is 6.33. The molecule has 0 saturated heterocycles. The molecule has 0 N–H and O–H groups in total. The van der Waals surface area contributed by atoms with Gasteiger partial charge in [-0.3, -0.25) is 29.0 Å². The normalized spacial score (nSPS) is 21.2. The molecule has 2 heterocycles. The molecule has 0 atom stereocenters. The molecular formula is C26H22F4N2O4. The molecule has 4 amide bonds. The Balaban J connectivity index is 1.65. The lowest BCUT2D eigenvalue weighted by Crippen LogP contribution is -2.51. The summed E-state index contributed by atoms with van der Waals surface area (Å²) < 4.78 is 62.1. The molecule has 2 aliphatic heterocycles. The Bertz CT molecular complexity index is 1210. The highest BCUT2D eigenvalue weighted by Gasteiger charge is 2.49. The van der Waals surface area contributed by atoms with E-state index >= 15 is 17.6 Å². The second kappa shape index (κ2) is 8.11. The minimum Gasteiger partial charge on any atom is -0.271 e. The Kier molecular flexibility index (Phi) is 5.21. The minimum atomic E-state index is -1.71. The van der Waals surface area contributed by atoms with E-state index in [0.717, 1.165) is 12.8 Å². The summed E-state index contributed by atoms with van der Waals surface area (Å²) in [6.45, 7) is 0. The van der Waals surface area contributed by atoms with Crippen LogP contribution in [0.1, 0.15) is 106 Å². The predicted octanol–water partition coefficient (Wildman–Crippen LogP) is 5.25. The topological polar surface area (TPSA) is 74.8 Å². The van der Waals surface area contributed by atoms with Crippen LogP contribution in [-0.2, 0) is 0 Å². The minimum absolute atomic E-state index is 0.396. The van der Waals surface area contributed by atoms with Crippen LogP contribution in [0.15, 0.2) is 0 Å². The molecule has 0 bridgehead atoms. The molecule has 10 heteroatoms. The van der Waals surface area contributed by atoms with Crippen molar-refractivity contribution in [2.24, 2.45) is 0 Å². The second-order valence-corrected chi connectivity index (χ2v) is 10.1. The molecule has 2 aliphatic carbocycles. The summed E-state index contributed by atoms with van der Waals surface area (Å²) in [6.07, 6.45) is 6.01. The number of carbonyl (C=O) groups is 4. The van der Waals surface area contributed by atoms with Gasteiger partial charge in [0.25, 0.3) is 23.6 Å². The van der Waals surface area contributed by atoms with Gasteiger partial charge in [-0.05, 0) is 25.7 Å². The molecule has 0 aromatic heterocycles. The van der Waals surface area contributed by atoms with E-state index in [0.29, 0.717) is 61.2 Å². The summed E-state index contributed by atoms with van der Waals surface area (Å²) in [5.41, 5.74) is -3.78. The summed E-state index contributed by atoms with van der Waals surface area (Å²) >= 11 is 0. The van der Waals surface area contributed by atoms with Crippen molar-refractivity contribution in [2.45, 2.75) is 76.3 Å². The average molecular weight is 502 g/mol. The van der Waals surface area contributed by atoms with Crippen LogP contribution >= 0.6 is 0 Å². The zero-order chi connectivity index (χ0) is 25.5. The van der Waals surface area contributed by atoms with Crippen molar-refractivity contribution < 1.29 is 36.7 Å². The Morgan fingerprint density at radius 2 is 0.694 bits per heavy atom. The maximum atomic E-state index is 15.5. The average Bonchev–Trinajstić information content (AvgIpc) is 2.87. The summed E-state index contributed by atoms with van der Waals surface area (Å²) in [6, 6.07) is -1.35. The van der Waals surface area contributed by atoms with E-state index in [4.69, 9.17) is 0 Å². The van der Waals surface area contributed by atoms with Crippen molar-refractivity contribution >= 4 is 34.4 Å². The summed E-state index contributed by atoms with van der Waals surface area (Å²) in [5.74, 6) is -11.5. The Labute approximate surface area is 203 Å². The fourth-order valence-corrected chi connectivity index (χ4v) is 6.44. The Morgan fingerprint density at radius 3 is 0.944 bits per heavy atom. The maximum absolute atomic E-state index is 15.5. The first-order valence-corrected chi connectivity index (χ1v) is 12.4. The molecule has 6 nitrogen and oxygen atoms in total. The van der Waals surface area contributed by atoms with Gasteiger partial charge in [0.05, 0.1) is 22.3 Å². The van der Waals surface area contributed by atoms with Crippen LogP contribution in [0.2, 0.25) is 0 Å². The highest BCUT2D eigenvalue weighted by Crippen LogP contribution is 2.45. The van der Waals surface area contributed by atoms with Crippen molar-refractivity contribution in [3.63, 3.8) is 0 Å². The van der Waals surface area contributed by atoms with E-state index in [1.54, 1.807) is 0 Å². The van der Waals surface area contributed by atoms with Crippen molar-refractivity contribution in [2.75, 3.05) is 0 Å². The first kappa shape index (κ1) is 23.1. The lowest BCUT2D eigenvalue weighted by atomic mass is 9.82. The monoisotopic (exact) mass is 502 g/mol. The summed E-state index contributed by atoms with van der Waals surface area (Å²) in [4.78, 5) is 54.9. The number of hydrogen-bond acceptors (Lipinski definition) is 4. The number of nitrogens with zero attached hydrogens (tertiary/aromatic N) is 2. The molecule has 36 heavy (non-hydrogen) atoms. The third kappa shape index (κ3) is 2.90. The lowest BCUT2D eigenvalue weighted by Gasteiger charge is -2.39. The third-order valence-electron chi connectivity index (χ3n) is 8.12. The van der Waals surface area contributed by atoms with E-state index in [-0.39, 0.29) is 0 Å². The van der Waals surface area contributed by atoms with Crippen LogP contribution in [0.5, 0.6) is 0 Å². The van der Waals surface area contributed by atoms with E-state index in [9.17, 15) is 19.2 Å². The molecule has 188 valence electrons. The molecule has 6 rings (SSSR count). The van der Waals surface area contributed by atoms with Gasteiger partial charge in [0.1, 0.15) is 0 Å². The number of amides is 4. The van der Waals surface area contributed by atoms with Crippen molar-refractivity contribution in [1.29, 1.82) is 0 Å². The van der Waals surface area contributed by atoms with Crippen molar-refractivity contribution in [1.82, 2.24) is 9.80 Å². The molecule has 2 fully saturated rings. The Hall–Kier alpha value is -3.30. The zero-order valence-corrected chi connectivity index (χ0v) is 19.3. The van der Waals surface area contributed by atoms with Crippen LogP contribution < -0.4 is 0 Å². The molecule has 2 saturated carbocycles. The van der Waals surface area contributed by atoms with Gasteiger partial charge in [-0.15, -0.1) is 0 Å². The molecule has 0 radical (unpaired) electrons. The van der Waals surface area contributed by atoms with Gasteiger partial charge in [-0.1, -0.05) is 38.5 Å². The van der Waals surface area contributed by atoms with Gasteiger partial charge in [0.2, 0.25) is 0 Å². The zero-order valence-electron chi connectivity index (χ0n) is 19.3. The molecule has 2 aromatic carbocycles. The van der Waals surface area contributed by atoms with Crippen molar-refractivity contribution in [3.05, 3.63) is 45.5 Å². The van der Waals surface area contributed by atoms with Crippen LogP contribution in [0.4, 0.5) is 17.6 Å². The largest absolute Gasteiger partial charge is 0.271 e. The summed E-state index contributed by atoms with van der Waals surface area (Å²) in [5, 5.41) is -1.41. The number of rotatable bonds is 2. The maximum Gasteiger partial charge on any atom is 0.264 e. The van der Waals surface area contributed by atoms with Gasteiger partial charge in [-0.25, -0.2) is 17.6 Å². The molecular weight excluding hydrogens is 480 g/mol. The van der Waals surface area contributed by atoms with E-state index in [1.807, 2.05) is 0 Å². The van der Waals surface area contributed by atoms with Gasteiger partial charge in [0.15, 0.2) is 23.3 Å². The first-order valence-electron chi connectivity index (χ1n) is 12.4. The molecule has 4 aliphatic rings. The first-order chi connectivity index (χ1) is 17.3. The predicted molar refractivity (Wildman–Crippen MR) is 119 cm³/mol. The fourth-order valence-electron chi connectivity index (χ4n) is 6.44. The SMILES string of the molecule is O=C1c2c(F)c(F)c3c4c(c(F)c(F)c(c24)C(=O)N1C1CCCCC1)C(=O)N(C1CCCCC1)C3=O. The summed E-state index contributed by atoms with van der Waals surface area (Å²) in [7, 11) is 0. The highest BCUT2D eigenvalue weighted by atomic mass is 19.2. The number of benzene rings is 2. The van der Waals surface area contributed by atoms with E-state index in [1.165, 1.54) is 0 Å². The number of hydrogen-bond donors (Lipinski definition) is 0. The number of imide groups is 2. The van der Waals surface area contributed by atoms with E-state index in [2.05, 4.69) is 0 Å². The third-order valence-corrected chi connectivity index (χ3v) is 8.12. The second-order valence-electron chi connectivity index (χ2n) is 10.1. The molecule has 0 unspecified atom stereocenters. The number of carbonyl (C=O) groups excluding carboxylic acids is 4. The molecule has 2 aromatic rings. The van der Waals surface area contributed by atoms with E-state index < -0.39 is 92.0 Å². The van der Waals surface area contributed by atoms with Gasteiger partial charge >= 0.3 is 0 Å². The quantitative estimate of drug-likeness (QED) is 0.415. The fraction of sp³-hybridized carbons (Fsp3) is 0.462. The van der Waals surface area contributed by atoms with Gasteiger partial charge in [0, 0.05) is 22.9 Å². The van der Waals surface area contributed by atoms with Crippen LogP contribution in [0, 0.1) is 23.3 Å². The van der Waals surface area contributed by atoms with Gasteiger partial charge in [-0.2, -0.15) is 0 Å². The molecule has 0 spiro atoms. The van der Waals surface area contributed by atoms with Crippen LogP contribution in [0.3, 0.4) is 0 Å². The lowest BCUT2D eigenvalue weighted by molar-refractivity contribution is 0.0468. The standard InChI is InChI=1S/C26H22F4N2O4/c27-19-15-13-14-17(21(19)29)25(35)32(12-9-5-2-6-10-12)26(36)18(14)22(30)20(28)16(13)24(34)31(23(15)33)11-7-3-1-4-8-11/h11-12H,1-10H2. The van der Waals surface area contributed by atoms with Crippen LogP contribution in [0.25, 0.3) is 10.8 Å². The van der Waals surface area contributed by atoms with Crippen molar-refractivity contribution in [3.8, 4) is 0 Å². The van der Waals surface area contributed by atoms with Crippen LogP contribution in [-0.4, -0.2) is 45.5 Å².